The molecule has 1 aromatic carbocycles. The van der Waals surface area contributed by atoms with Crippen LogP contribution in [0.4, 0.5) is 0 Å². The van der Waals surface area contributed by atoms with E-state index in [0.29, 0.717) is 6.54 Å². The summed E-state index contributed by atoms with van der Waals surface area (Å²) >= 11 is 3.55. The number of hydrogen-bond acceptors (Lipinski definition) is 2. The Hall–Kier alpha value is -0.540. The molecule has 3 heteroatoms. The summed E-state index contributed by atoms with van der Waals surface area (Å²) in [6.45, 7) is 2.77. The Balaban J connectivity index is 2.13. The van der Waals surface area contributed by atoms with Crippen molar-refractivity contribution in [3.8, 4) is 5.75 Å². The van der Waals surface area contributed by atoms with Crippen molar-refractivity contribution >= 4 is 15.9 Å². The highest BCUT2D eigenvalue weighted by Crippen LogP contribution is 2.41. The topological polar surface area (TPSA) is 35.2 Å². The van der Waals surface area contributed by atoms with Gasteiger partial charge in [0.15, 0.2) is 0 Å². The van der Waals surface area contributed by atoms with Gasteiger partial charge in [0.25, 0.3) is 0 Å². The van der Waals surface area contributed by atoms with Gasteiger partial charge in [0, 0.05) is 0 Å². The van der Waals surface area contributed by atoms with E-state index in [-0.39, 0.29) is 5.60 Å². The van der Waals surface area contributed by atoms with Crippen LogP contribution in [-0.4, -0.2) is 12.1 Å². The molecule has 1 aliphatic carbocycles. The van der Waals surface area contributed by atoms with Crippen molar-refractivity contribution in [3.05, 3.63) is 28.2 Å². The fourth-order valence-corrected chi connectivity index (χ4v) is 2.73. The highest BCUT2D eigenvalue weighted by Gasteiger charge is 2.38. The van der Waals surface area contributed by atoms with Gasteiger partial charge in [-0.25, -0.2) is 0 Å². The number of benzene rings is 1. The van der Waals surface area contributed by atoms with Gasteiger partial charge in [-0.1, -0.05) is 6.07 Å². The second-order valence-electron chi connectivity index (χ2n) is 4.61. The van der Waals surface area contributed by atoms with Gasteiger partial charge in [-0.2, -0.15) is 0 Å². The van der Waals surface area contributed by atoms with E-state index in [2.05, 4.69) is 35.0 Å². The first-order valence-electron chi connectivity index (χ1n) is 5.80. The van der Waals surface area contributed by atoms with Crippen molar-refractivity contribution in [1.82, 2.24) is 0 Å². The predicted octanol–water partition coefficient (Wildman–Crippen LogP) is 3.41. The van der Waals surface area contributed by atoms with Gasteiger partial charge in [0.2, 0.25) is 0 Å². The monoisotopic (exact) mass is 283 g/mol. The molecule has 0 atom stereocenters. The van der Waals surface area contributed by atoms with Crippen molar-refractivity contribution in [1.29, 1.82) is 0 Å². The van der Waals surface area contributed by atoms with Gasteiger partial charge in [-0.05, 0) is 72.8 Å². The quantitative estimate of drug-likeness (QED) is 0.919. The maximum absolute atomic E-state index is 6.14. The first-order valence-corrected chi connectivity index (χ1v) is 6.60. The van der Waals surface area contributed by atoms with Gasteiger partial charge in [0.05, 0.1) is 4.47 Å². The maximum Gasteiger partial charge on any atom is 0.134 e. The van der Waals surface area contributed by atoms with Crippen LogP contribution in [0.1, 0.15) is 31.2 Å². The number of aryl methyl sites for hydroxylation is 1. The minimum Gasteiger partial charge on any atom is -0.486 e. The molecule has 0 heterocycles. The van der Waals surface area contributed by atoms with Gasteiger partial charge in [-0.3, -0.25) is 0 Å². The number of hydrogen-bond donors (Lipinski definition) is 1. The Labute approximate surface area is 105 Å². The molecular weight excluding hydrogens is 266 g/mol. The molecule has 0 aliphatic heterocycles. The van der Waals surface area contributed by atoms with E-state index in [1.165, 1.54) is 12.0 Å². The normalized spacial score (nSPS) is 17.9. The van der Waals surface area contributed by atoms with Crippen LogP contribution in [0.15, 0.2) is 22.7 Å². The summed E-state index contributed by atoms with van der Waals surface area (Å²) in [5, 5.41) is 0. The fourth-order valence-electron chi connectivity index (χ4n) is 2.16. The molecule has 1 aliphatic rings. The molecule has 1 aromatic rings. The van der Waals surface area contributed by atoms with Crippen LogP contribution in [0.25, 0.3) is 0 Å². The predicted molar refractivity (Wildman–Crippen MR) is 69.8 cm³/mol. The van der Waals surface area contributed by atoms with Gasteiger partial charge in [0.1, 0.15) is 11.4 Å². The van der Waals surface area contributed by atoms with Crippen LogP contribution in [-0.2, 0) is 0 Å². The highest BCUT2D eigenvalue weighted by atomic mass is 79.9. The molecule has 0 bridgehead atoms. The molecule has 0 aromatic heterocycles. The molecule has 16 heavy (non-hydrogen) atoms. The Kier molecular flexibility index (Phi) is 3.55. The lowest BCUT2D eigenvalue weighted by molar-refractivity contribution is -0.0131. The lowest BCUT2D eigenvalue weighted by Crippen LogP contribution is -2.44. The second kappa shape index (κ2) is 4.76. The van der Waals surface area contributed by atoms with Crippen molar-refractivity contribution in [2.75, 3.05) is 6.54 Å². The van der Waals surface area contributed by atoms with Gasteiger partial charge in [-0.15, -0.1) is 0 Å². The lowest BCUT2D eigenvalue weighted by atomic mass is 9.77. The van der Waals surface area contributed by atoms with Crippen LogP contribution in [0.5, 0.6) is 5.75 Å². The smallest absolute Gasteiger partial charge is 0.134 e. The zero-order chi connectivity index (χ0) is 11.6. The number of rotatable bonds is 4. The second-order valence-corrected chi connectivity index (χ2v) is 5.47. The summed E-state index contributed by atoms with van der Waals surface area (Å²) in [5.74, 6) is 0.943. The van der Waals surface area contributed by atoms with E-state index >= 15 is 0 Å². The molecule has 2 rings (SSSR count). The van der Waals surface area contributed by atoms with E-state index in [4.69, 9.17) is 10.5 Å². The summed E-state index contributed by atoms with van der Waals surface area (Å²) in [5.41, 5.74) is 6.89. The summed E-state index contributed by atoms with van der Waals surface area (Å²) in [7, 11) is 0. The van der Waals surface area contributed by atoms with Gasteiger partial charge < -0.3 is 10.5 Å². The van der Waals surface area contributed by atoms with Crippen molar-refractivity contribution in [3.63, 3.8) is 0 Å². The third-order valence-corrected chi connectivity index (χ3v) is 3.90. The largest absolute Gasteiger partial charge is 0.486 e. The number of halogens is 1. The van der Waals surface area contributed by atoms with E-state index in [9.17, 15) is 0 Å². The molecule has 1 saturated carbocycles. The summed E-state index contributed by atoms with van der Waals surface area (Å²) < 4.78 is 7.18. The standard InChI is InChI=1S/C13H18BrNO/c1-10-3-4-12(11(14)9-10)16-13(7-8-15)5-2-6-13/h3-4,9H,2,5-8,15H2,1H3. The molecule has 0 unspecified atom stereocenters. The zero-order valence-corrected chi connectivity index (χ0v) is 11.2. The van der Waals surface area contributed by atoms with Crippen molar-refractivity contribution < 1.29 is 4.74 Å². The van der Waals surface area contributed by atoms with Crippen LogP contribution >= 0.6 is 15.9 Å². The van der Waals surface area contributed by atoms with E-state index in [1.54, 1.807) is 0 Å². The maximum atomic E-state index is 6.14. The molecular formula is C13H18BrNO. The molecule has 0 saturated heterocycles. The zero-order valence-electron chi connectivity index (χ0n) is 9.63. The minimum atomic E-state index is 0.00648. The average Bonchev–Trinajstić information content (AvgIpc) is 2.18. The van der Waals surface area contributed by atoms with Crippen molar-refractivity contribution in [2.45, 2.75) is 38.2 Å². The Morgan fingerprint density at radius 2 is 2.19 bits per heavy atom. The lowest BCUT2D eigenvalue weighted by Gasteiger charge is -2.42. The number of nitrogens with two attached hydrogens (primary N) is 1. The first kappa shape index (κ1) is 11.9. The van der Waals surface area contributed by atoms with Crippen LogP contribution < -0.4 is 10.5 Å². The SMILES string of the molecule is Cc1ccc(OC2(CCN)CCC2)c(Br)c1. The van der Waals surface area contributed by atoms with Crippen LogP contribution in [0.3, 0.4) is 0 Å². The molecule has 2 N–H and O–H groups in total. The summed E-state index contributed by atoms with van der Waals surface area (Å²) in [4.78, 5) is 0. The molecule has 0 spiro atoms. The van der Waals surface area contributed by atoms with E-state index in [0.717, 1.165) is 29.5 Å². The Morgan fingerprint density at radius 1 is 1.44 bits per heavy atom. The highest BCUT2D eigenvalue weighted by molar-refractivity contribution is 9.10. The van der Waals surface area contributed by atoms with Crippen LogP contribution in [0, 0.1) is 6.92 Å². The minimum absolute atomic E-state index is 0.00648. The summed E-state index contributed by atoms with van der Waals surface area (Å²) in [6.07, 6.45) is 4.46. The fraction of sp³-hybridized carbons (Fsp3) is 0.538. The van der Waals surface area contributed by atoms with E-state index < -0.39 is 0 Å². The van der Waals surface area contributed by atoms with E-state index in [1.807, 2.05) is 6.07 Å². The molecule has 2 nitrogen and oxygen atoms in total. The third kappa shape index (κ3) is 2.41. The molecule has 0 amide bonds. The Morgan fingerprint density at radius 3 is 2.69 bits per heavy atom. The summed E-state index contributed by atoms with van der Waals surface area (Å²) in [6, 6.07) is 6.20. The number of ether oxygens (including phenoxy) is 1. The van der Waals surface area contributed by atoms with Gasteiger partial charge >= 0.3 is 0 Å². The molecule has 1 fully saturated rings. The Bertz CT molecular complexity index is 374. The van der Waals surface area contributed by atoms with Crippen molar-refractivity contribution in [2.24, 2.45) is 5.73 Å². The average molecular weight is 284 g/mol. The first-order chi connectivity index (χ1) is 7.65. The molecule has 0 radical (unpaired) electrons. The van der Waals surface area contributed by atoms with Crippen LogP contribution in [0.2, 0.25) is 0 Å². The third-order valence-electron chi connectivity index (χ3n) is 3.28. The molecule has 88 valence electrons.